The molecular formula is C16H21F3N6O2. The van der Waals surface area contributed by atoms with Crippen LogP contribution in [-0.2, 0) is 22.5 Å². The largest absolute Gasteiger partial charge is 0.408 e. The van der Waals surface area contributed by atoms with Gasteiger partial charge in [0.15, 0.2) is 5.82 Å². The summed E-state index contributed by atoms with van der Waals surface area (Å²) in [6.07, 6.45) is -4.36. The third-order valence-corrected chi connectivity index (χ3v) is 4.50. The van der Waals surface area contributed by atoms with Gasteiger partial charge in [-0.1, -0.05) is 0 Å². The highest BCUT2D eigenvalue weighted by Gasteiger charge is 2.35. The normalized spacial score (nSPS) is 18.1. The quantitative estimate of drug-likeness (QED) is 0.863. The molecule has 1 aliphatic rings. The van der Waals surface area contributed by atoms with E-state index >= 15 is 0 Å². The Hall–Kier alpha value is -2.43. The van der Waals surface area contributed by atoms with Crippen molar-refractivity contribution in [2.75, 3.05) is 19.8 Å². The summed E-state index contributed by atoms with van der Waals surface area (Å²) in [5.74, 6) is 0.782. The maximum atomic E-state index is 12.8. The minimum Gasteiger partial charge on any atom is -0.377 e. The Morgan fingerprint density at radius 3 is 2.70 bits per heavy atom. The van der Waals surface area contributed by atoms with E-state index in [1.54, 1.807) is 25.7 Å². The number of H-pyrrole nitrogens is 1. The molecule has 3 heterocycles. The lowest BCUT2D eigenvalue weighted by Crippen LogP contribution is -2.44. The molecule has 1 fully saturated rings. The summed E-state index contributed by atoms with van der Waals surface area (Å²) in [5, 5.41) is 10.7. The zero-order chi connectivity index (χ0) is 19.8. The highest BCUT2D eigenvalue weighted by molar-refractivity contribution is 5.78. The molecule has 1 saturated heterocycles. The molecule has 3 rings (SSSR count). The van der Waals surface area contributed by atoms with Crippen molar-refractivity contribution >= 4 is 5.91 Å². The standard InChI is InChI=1S/C16H21F3N6O2/c1-9-15(10(2)25(23-9)8-16(17,18)19)12-7-27-5-4-24(12)14(26)6-13-20-11(3)21-22-13/h12H,4-8H2,1-3H3,(H,20,21,22). The number of halogens is 3. The fourth-order valence-electron chi connectivity index (χ4n) is 3.36. The molecular weight excluding hydrogens is 365 g/mol. The Morgan fingerprint density at radius 2 is 2.07 bits per heavy atom. The third kappa shape index (κ3) is 4.29. The lowest BCUT2D eigenvalue weighted by molar-refractivity contribution is -0.143. The Labute approximate surface area is 153 Å². The molecule has 11 heteroatoms. The van der Waals surface area contributed by atoms with Crippen LogP contribution in [0, 0.1) is 20.8 Å². The molecule has 1 amide bonds. The number of amides is 1. The third-order valence-electron chi connectivity index (χ3n) is 4.50. The van der Waals surface area contributed by atoms with E-state index in [9.17, 15) is 18.0 Å². The monoisotopic (exact) mass is 386 g/mol. The molecule has 27 heavy (non-hydrogen) atoms. The van der Waals surface area contributed by atoms with Crippen LogP contribution in [-0.4, -0.2) is 61.7 Å². The lowest BCUT2D eigenvalue weighted by atomic mass is 10.0. The van der Waals surface area contributed by atoms with Gasteiger partial charge in [-0.25, -0.2) is 4.98 Å². The van der Waals surface area contributed by atoms with Crippen LogP contribution >= 0.6 is 0 Å². The summed E-state index contributed by atoms with van der Waals surface area (Å²) in [5.41, 5.74) is 1.43. The number of nitrogens with one attached hydrogen (secondary N) is 1. The van der Waals surface area contributed by atoms with Crippen LogP contribution in [0.4, 0.5) is 13.2 Å². The Morgan fingerprint density at radius 1 is 1.33 bits per heavy atom. The molecule has 8 nitrogen and oxygen atoms in total. The maximum Gasteiger partial charge on any atom is 0.408 e. The van der Waals surface area contributed by atoms with E-state index in [1.807, 2.05) is 0 Å². The molecule has 0 aliphatic carbocycles. The molecule has 1 unspecified atom stereocenters. The molecule has 148 valence electrons. The minimum absolute atomic E-state index is 0.00955. The minimum atomic E-state index is -4.37. The van der Waals surface area contributed by atoms with Crippen molar-refractivity contribution in [1.82, 2.24) is 29.9 Å². The summed E-state index contributed by atoms with van der Waals surface area (Å²) >= 11 is 0. The topological polar surface area (TPSA) is 88.9 Å². The number of carbonyl (C=O) groups is 1. The van der Waals surface area contributed by atoms with Crippen LogP contribution in [0.3, 0.4) is 0 Å². The summed E-state index contributed by atoms with van der Waals surface area (Å²) < 4.78 is 44.8. The molecule has 1 atom stereocenters. The van der Waals surface area contributed by atoms with Gasteiger partial charge in [0.1, 0.15) is 12.4 Å². The second-order valence-electron chi connectivity index (χ2n) is 6.55. The summed E-state index contributed by atoms with van der Waals surface area (Å²) in [7, 11) is 0. The van der Waals surface area contributed by atoms with Gasteiger partial charge in [0.2, 0.25) is 5.91 Å². The van der Waals surface area contributed by atoms with Crippen molar-refractivity contribution in [3.63, 3.8) is 0 Å². The summed E-state index contributed by atoms with van der Waals surface area (Å²) in [6.45, 7) is 4.71. The van der Waals surface area contributed by atoms with Crippen molar-refractivity contribution in [3.05, 3.63) is 28.6 Å². The molecule has 1 aliphatic heterocycles. The molecule has 1 N–H and O–H groups in total. The Kier molecular flexibility index (Phi) is 5.22. The van der Waals surface area contributed by atoms with Gasteiger partial charge < -0.3 is 9.64 Å². The first-order valence-corrected chi connectivity index (χ1v) is 8.51. The van der Waals surface area contributed by atoms with E-state index in [2.05, 4.69) is 20.3 Å². The van der Waals surface area contributed by atoms with Crippen molar-refractivity contribution < 1.29 is 22.7 Å². The van der Waals surface area contributed by atoms with Crippen LogP contribution in [0.5, 0.6) is 0 Å². The van der Waals surface area contributed by atoms with Gasteiger partial charge in [0.05, 0.1) is 31.4 Å². The number of rotatable bonds is 4. The number of morpholine rings is 1. The number of aryl methyl sites for hydroxylation is 2. The molecule has 0 bridgehead atoms. The number of carbonyl (C=O) groups excluding carboxylic acids is 1. The number of aromatic amines is 1. The molecule has 2 aromatic rings. The molecule has 2 aromatic heterocycles. The van der Waals surface area contributed by atoms with Crippen LogP contribution < -0.4 is 0 Å². The number of hydrogen-bond acceptors (Lipinski definition) is 5. The van der Waals surface area contributed by atoms with Gasteiger partial charge in [0.25, 0.3) is 0 Å². The van der Waals surface area contributed by atoms with Crippen LogP contribution in [0.25, 0.3) is 0 Å². The average Bonchev–Trinajstić information content (AvgIpc) is 3.09. The number of ether oxygens (including phenoxy) is 1. The first kappa shape index (κ1) is 19.3. The van der Waals surface area contributed by atoms with Gasteiger partial charge in [-0.2, -0.15) is 23.4 Å². The van der Waals surface area contributed by atoms with Crippen molar-refractivity contribution in [3.8, 4) is 0 Å². The zero-order valence-electron chi connectivity index (χ0n) is 15.3. The SMILES string of the molecule is Cc1nc(CC(=O)N2CCOCC2c2c(C)nn(CC(F)(F)F)c2C)n[nH]1. The van der Waals surface area contributed by atoms with Crippen LogP contribution in [0.15, 0.2) is 0 Å². The van der Waals surface area contributed by atoms with E-state index in [0.717, 1.165) is 4.68 Å². The fourth-order valence-corrected chi connectivity index (χ4v) is 3.36. The highest BCUT2D eigenvalue weighted by atomic mass is 19.4. The van der Waals surface area contributed by atoms with Crippen molar-refractivity contribution in [2.45, 2.75) is 46.0 Å². The molecule has 0 aromatic carbocycles. The van der Waals surface area contributed by atoms with Crippen molar-refractivity contribution in [2.24, 2.45) is 0 Å². The van der Waals surface area contributed by atoms with E-state index in [1.165, 1.54) is 0 Å². The average molecular weight is 386 g/mol. The number of aromatic nitrogens is 5. The van der Waals surface area contributed by atoms with Crippen LogP contribution in [0.1, 0.15) is 34.6 Å². The maximum absolute atomic E-state index is 12.8. The predicted molar refractivity (Wildman–Crippen MR) is 87.9 cm³/mol. The van der Waals surface area contributed by atoms with Gasteiger partial charge in [-0.05, 0) is 20.8 Å². The number of alkyl halides is 3. The first-order chi connectivity index (χ1) is 12.7. The van der Waals surface area contributed by atoms with Crippen LogP contribution in [0.2, 0.25) is 0 Å². The van der Waals surface area contributed by atoms with E-state index < -0.39 is 18.8 Å². The summed E-state index contributed by atoms with van der Waals surface area (Å²) in [6, 6.07) is -0.492. The molecule has 0 spiro atoms. The van der Waals surface area contributed by atoms with Gasteiger partial charge in [-0.15, -0.1) is 0 Å². The lowest BCUT2D eigenvalue weighted by Gasteiger charge is -2.36. The summed E-state index contributed by atoms with van der Waals surface area (Å²) in [4.78, 5) is 18.5. The second kappa shape index (κ2) is 7.29. The predicted octanol–water partition coefficient (Wildman–Crippen LogP) is 1.63. The van der Waals surface area contributed by atoms with E-state index in [-0.39, 0.29) is 18.9 Å². The highest BCUT2D eigenvalue weighted by Crippen LogP contribution is 2.31. The first-order valence-electron chi connectivity index (χ1n) is 8.51. The fraction of sp³-hybridized carbons (Fsp3) is 0.625. The van der Waals surface area contributed by atoms with Gasteiger partial charge >= 0.3 is 6.18 Å². The molecule has 0 radical (unpaired) electrons. The molecule has 0 saturated carbocycles. The van der Waals surface area contributed by atoms with Gasteiger partial charge in [-0.3, -0.25) is 14.6 Å². The smallest absolute Gasteiger partial charge is 0.377 e. The number of hydrogen-bond donors (Lipinski definition) is 1. The Bertz CT molecular complexity index is 829. The van der Waals surface area contributed by atoms with E-state index in [4.69, 9.17) is 4.74 Å². The second-order valence-corrected chi connectivity index (χ2v) is 6.55. The van der Waals surface area contributed by atoms with Crippen molar-refractivity contribution in [1.29, 1.82) is 0 Å². The zero-order valence-corrected chi connectivity index (χ0v) is 15.3. The Balaban J connectivity index is 1.86. The van der Waals surface area contributed by atoms with E-state index in [0.29, 0.717) is 41.8 Å². The number of nitrogens with zero attached hydrogens (tertiary/aromatic N) is 5. The van der Waals surface area contributed by atoms with Gasteiger partial charge in [0, 0.05) is 17.8 Å².